The summed E-state index contributed by atoms with van der Waals surface area (Å²) in [5.41, 5.74) is 2.09. The van der Waals surface area contributed by atoms with Gasteiger partial charge in [0.05, 0.1) is 52.4 Å². The van der Waals surface area contributed by atoms with Gasteiger partial charge in [-0.25, -0.2) is 5.84 Å². The molecule has 1 aliphatic heterocycles. The summed E-state index contributed by atoms with van der Waals surface area (Å²) in [7, 11) is 1.63. The van der Waals surface area contributed by atoms with Crippen molar-refractivity contribution in [2.75, 3.05) is 53.4 Å². The lowest BCUT2D eigenvalue weighted by Gasteiger charge is -2.13. The van der Waals surface area contributed by atoms with Gasteiger partial charge in [-0.3, -0.25) is 10.2 Å². The van der Waals surface area contributed by atoms with Gasteiger partial charge < -0.3 is 23.7 Å². The Morgan fingerprint density at radius 3 is 2.33 bits per heavy atom. The van der Waals surface area contributed by atoms with E-state index in [0.717, 1.165) is 6.42 Å². The molecule has 2 atom stereocenters. The van der Waals surface area contributed by atoms with Crippen LogP contribution in [0.4, 0.5) is 0 Å². The lowest BCUT2D eigenvalue weighted by molar-refractivity contribution is -0.133. The normalized spacial score (nSPS) is 21.6. The van der Waals surface area contributed by atoms with Gasteiger partial charge in [0.2, 0.25) is 0 Å². The molecule has 3 N–H and O–H groups in total. The van der Waals surface area contributed by atoms with Crippen LogP contribution >= 0.6 is 0 Å². The Labute approximate surface area is 125 Å². The molecule has 8 nitrogen and oxygen atoms in total. The van der Waals surface area contributed by atoms with Gasteiger partial charge in [0.1, 0.15) is 6.10 Å². The fourth-order valence-electron chi connectivity index (χ4n) is 1.91. The minimum absolute atomic E-state index is 0.0512. The number of hydrogen-bond acceptors (Lipinski definition) is 7. The van der Waals surface area contributed by atoms with Gasteiger partial charge in [0.15, 0.2) is 0 Å². The number of carbonyl (C=O) groups is 1. The van der Waals surface area contributed by atoms with Crippen LogP contribution < -0.4 is 11.3 Å². The second-order valence-corrected chi connectivity index (χ2v) is 4.63. The van der Waals surface area contributed by atoms with Crippen molar-refractivity contribution in [2.24, 2.45) is 5.84 Å². The highest BCUT2D eigenvalue weighted by Gasteiger charge is 2.30. The molecule has 124 valence electrons. The Bertz CT molecular complexity index is 279. The molecule has 1 heterocycles. The van der Waals surface area contributed by atoms with Crippen molar-refractivity contribution in [3.63, 3.8) is 0 Å². The number of amides is 1. The first-order valence-electron chi connectivity index (χ1n) is 7.16. The summed E-state index contributed by atoms with van der Waals surface area (Å²) in [5, 5.41) is 0. The van der Waals surface area contributed by atoms with Crippen LogP contribution in [0.25, 0.3) is 0 Å². The average molecular weight is 306 g/mol. The van der Waals surface area contributed by atoms with Crippen LogP contribution in [0.5, 0.6) is 0 Å². The number of ether oxygens (including phenoxy) is 5. The third-order valence-electron chi connectivity index (χ3n) is 3.02. The van der Waals surface area contributed by atoms with E-state index in [1.807, 2.05) is 0 Å². The van der Waals surface area contributed by atoms with Crippen molar-refractivity contribution < 1.29 is 28.5 Å². The van der Waals surface area contributed by atoms with Crippen molar-refractivity contribution in [3.05, 3.63) is 0 Å². The highest BCUT2D eigenvalue weighted by molar-refractivity contribution is 5.80. The zero-order valence-electron chi connectivity index (χ0n) is 12.5. The zero-order chi connectivity index (χ0) is 15.3. The first kappa shape index (κ1) is 18.3. The summed E-state index contributed by atoms with van der Waals surface area (Å²) >= 11 is 0. The van der Waals surface area contributed by atoms with Crippen LogP contribution in [0.1, 0.15) is 12.8 Å². The molecule has 0 aromatic heterocycles. The molecular formula is C13H26N2O6. The molecule has 0 aromatic rings. The van der Waals surface area contributed by atoms with Crippen molar-refractivity contribution >= 4 is 5.91 Å². The monoisotopic (exact) mass is 306 g/mol. The highest BCUT2D eigenvalue weighted by atomic mass is 16.6. The Kier molecular flexibility index (Phi) is 10.3. The van der Waals surface area contributed by atoms with Crippen LogP contribution in [0.3, 0.4) is 0 Å². The molecule has 0 saturated carbocycles. The molecule has 21 heavy (non-hydrogen) atoms. The summed E-state index contributed by atoms with van der Waals surface area (Å²) in [5.74, 6) is 4.78. The van der Waals surface area contributed by atoms with E-state index >= 15 is 0 Å². The average Bonchev–Trinajstić information content (AvgIpc) is 2.97. The van der Waals surface area contributed by atoms with Gasteiger partial charge >= 0.3 is 0 Å². The van der Waals surface area contributed by atoms with Gasteiger partial charge in [-0.15, -0.1) is 0 Å². The standard InChI is InChI=1S/C13H26N2O6/c1-17-4-5-18-6-7-19-8-9-20-10-11-2-3-12(21-11)13(16)15-14/h11-12H,2-10,14H2,1H3,(H,15,16). The van der Waals surface area contributed by atoms with Crippen molar-refractivity contribution in [2.45, 2.75) is 25.0 Å². The Morgan fingerprint density at radius 1 is 1.10 bits per heavy atom. The van der Waals surface area contributed by atoms with Gasteiger partial charge in [0.25, 0.3) is 5.91 Å². The Balaban J connectivity index is 1.86. The van der Waals surface area contributed by atoms with Gasteiger partial charge in [-0.05, 0) is 12.8 Å². The summed E-state index contributed by atoms with van der Waals surface area (Å²) in [6.45, 7) is 3.71. The van der Waals surface area contributed by atoms with Crippen molar-refractivity contribution in [1.29, 1.82) is 0 Å². The number of hydrazine groups is 1. The molecule has 1 saturated heterocycles. The second kappa shape index (κ2) is 11.8. The molecule has 8 heteroatoms. The maximum Gasteiger partial charge on any atom is 0.263 e. The lowest BCUT2D eigenvalue weighted by atomic mass is 10.2. The molecule has 1 fully saturated rings. The first-order valence-corrected chi connectivity index (χ1v) is 7.16. The second-order valence-electron chi connectivity index (χ2n) is 4.63. The van der Waals surface area contributed by atoms with Gasteiger partial charge in [-0.2, -0.15) is 0 Å². The molecule has 1 rings (SSSR count). The molecule has 1 aliphatic rings. The smallest absolute Gasteiger partial charge is 0.263 e. The maximum atomic E-state index is 11.3. The molecule has 2 unspecified atom stereocenters. The summed E-state index contributed by atoms with van der Waals surface area (Å²) in [6.07, 6.45) is 0.965. The van der Waals surface area contributed by atoms with Gasteiger partial charge in [-0.1, -0.05) is 0 Å². The van der Waals surface area contributed by atoms with Crippen molar-refractivity contribution in [3.8, 4) is 0 Å². The number of carbonyl (C=O) groups excluding carboxylic acids is 1. The van der Waals surface area contributed by atoms with E-state index in [1.165, 1.54) is 0 Å². The van der Waals surface area contributed by atoms with Crippen LogP contribution in [-0.4, -0.2) is 71.5 Å². The van der Waals surface area contributed by atoms with Gasteiger partial charge in [0, 0.05) is 7.11 Å². The van der Waals surface area contributed by atoms with E-state index in [1.54, 1.807) is 7.11 Å². The molecule has 0 bridgehead atoms. The molecule has 0 aromatic carbocycles. The minimum atomic E-state index is -0.455. The van der Waals surface area contributed by atoms with E-state index in [-0.39, 0.29) is 12.0 Å². The quantitative estimate of drug-likeness (QED) is 0.211. The number of hydrogen-bond donors (Lipinski definition) is 2. The predicted molar refractivity (Wildman–Crippen MR) is 74.6 cm³/mol. The number of rotatable bonds is 12. The Morgan fingerprint density at radius 2 is 1.71 bits per heavy atom. The van der Waals surface area contributed by atoms with Crippen LogP contribution in [0.15, 0.2) is 0 Å². The third kappa shape index (κ3) is 8.30. The SMILES string of the molecule is COCCOCCOCCOCC1CCC(C(=O)NN)O1. The Hall–Kier alpha value is -0.770. The van der Waals surface area contributed by atoms with Crippen molar-refractivity contribution in [1.82, 2.24) is 5.43 Å². The lowest BCUT2D eigenvalue weighted by Crippen LogP contribution is -2.39. The predicted octanol–water partition coefficient (Wildman–Crippen LogP) is -0.780. The van der Waals surface area contributed by atoms with Crippen LogP contribution in [-0.2, 0) is 28.5 Å². The third-order valence-corrected chi connectivity index (χ3v) is 3.02. The first-order chi connectivity index (χ1) is 10.3. The molecular weight excluding hydrogens is 280 g/mol. The van der Waals surface area contributed by atoms with E-state index in [9.17, 15) is 4.79 Å². The number of methoxy groups -OCH3 is 1. The van der Waals surface area contributed by atoms with E-state index in [2.05, 4.69) is 5.43 Å². The van der Waals surface area contributed by atoms with Crippen LogP contribution in [0, 0.1) is 0 Å². The molecule has 0 aliphatic carbocycles. The van der Waals surface area contributed by atoms with E-state index < -0.39 is 6.10 Å². The number of nitrogens with one attached hydrogen (secondary N) is 1. The molecule has 0 radical (unpaired) electrons. The summed E-state index contributed by atoms with van der Waals surface area (Å²) in [6, 6.07) is 0. The summed E-state index contributed by atoms with van der Waals surface area (Å²) in [4.78, 5) is 11.3. The van der Waals surface area contributed by atoms with Crippen LogP contribution in [0.2, 0.25) is 0 Å². The number of nitrogens with two attached hydrogens (primary N) is 1. The maximum absolute atomic E-state index is 11.3. The summed E-state index contributed by atoms with van der Waals surface area (Å²) < 4.78 is 26.4. The topological polar surface area (TPSA) is 101 Å². The fourth-order valence-corrected chi connectivity index (χ4v) is 1.91. The van der Waals surface area contributed by atoms with E-state index in [4.69, 9.17) is 29.5 Å². The largest absolute Gasteiger partial charge is 0.382 e. The minimum Gasteiger partial charge on any atom is -0.382 e. The molecule has 1 amide bonds. The fraction of sp³-hybridized carbons (Fsp3) is 0.923. The molecule has 0 spiro atoms. The highest BCUT2D eigenvalue weighted by Crippen LogP contribution is 2.19. The zero-order valence-corrected chi connectivity index (χ0v) is 12.5. The van der Waals surface area contributed by atoms with E-state index in [0.29, 0.717) is 52.7 Å².